The van der Waals surface area contributed by atoms with E-state index in [9.17, 15) is 24.3 Å². The van der Waals surface area contributed by atoms with E-state index < -0.39 is 53.9 Å². The maximum Gasteiger partial charge on any atom is 0.405 e. The Labute approximate surface area is 269 Å². The lowest BCUT2D eigenvalue weighted by Crippen LogP contribution is -2.37. The van der Waals surface area contributed by atoms with Crippen molar-refractivity contribution < 1.29 is 43.2 Å². The molecule has 1 heterocycles. The molecule has 1 aliphatic carbocycles. The van der Waals surface area contributed by atoms with Crippen molar-refractivity contribution in [3.63, 3.8) is 0 Å². The Kier molecular flexibility index (Phi) is 12.8. The number of rotatable bonds is 5. The Bertz CT molecular complexity index is 1490. The van der Waals surface area contributed by atoms with Crippen molar-refractivity contribution in [3.8, 4) is 5.75 Å². The molecular weight excluding hydrogens is 592 g/mol. The van der Waals surface area contributed by atoms with E-state index in [2.05, 4.69) is 5.32 Å². The number of allylic oxidation sites excluding steroid dienone is 5. The van der Waals surface area contributed by atoms with Gasteiger partial charge in [-0.2, -0.15) is 0 Å². The summed E-state index contributed by atoms with van der Waals surface area (Å²) in [7, 11) is 4.41. The largest absolute Gasteiger partial charge is 0.496 e. The molecule has 0 fully saturated rings. The highest BCUT2D eigenvalue weighted by atomic mass is 16.6. The first-order valence-electron chi connectivity index (χ1n) is 15.0. The van der Waals surface area contributed by atoms with Crippen LogP contribution in [0.1, 0.15) is 46.1 Å². The molecule has 0 spiro atoms. The van der Waals surface area contributed by atoms with Crippen LogP contribution in [0, 0.1) is 11.8 Å². The number of carbonyl (C=O) groups is 4. The van der Waals surface area contributed by atoms with E-state index in [0.717, 1.165) is 6.08 Å². The smallest absolute Gasteiger partial charge is 0.405 e. The fourth-order valence-corrected chi connectivity index (χ4v) is 5.73. The number of aliphatic hydroxyl groups is 1. The third kappa shape index (κ3) is 8.68. The number of carbonyl (C=O) groups excluding carboxylic acids is 4. The number of benzene rings is 1. The lowest BCUT2D eigenvalue weighted by Gasteiger charge is -2.30. The first kappa shape index (κ1) is 36.2. The van der Waals surface area contributed by atoms with Gasteiger partial charge >= 0.3 is 6.09 Å². The van der Waals surface area contributed by atoms with Crippen LogP contribution in [0.4, 0.5) is 4.79 Å². The van der Waals surface area contributed by atoms with E-state index >= 15 is 0 Å². The molecule has 11 heteroatoms. The lowest BCUT2D eigenvalue weighted by atomic mass is 9.81. The zero-order valence-electron chi connectivity index (χ0n) is 27.4. The minimum absolute atomic E-state index is 0.146. The quantitative estimate of drug-likeness (QED) is 0.321. The van der Waals surface area contributed by atoms with Crippen LogP contribution in [0.3, 0.4) is 0 Å². The number of ketones is 2. The molecule has 0 radical (unpaired) electrons. The summed E-state index contributed by atoms with van der Waals surface area (Å²) in [6, 6.07) is 6.93. The predicted molar refractivity (Wildman–Crippen MR) is 172 cm³/mol. The SMILES string of the molecule is COc1ccccc1C1=C2CC(C)CC(OC)C(O)C(C)/C=C(\C)C(OC(N)=O)C(OC)/C=C\C=C(/C)C(=O)NC(=CC1=O)C2=O. The Morgan fingerprint density at radius 3 is 2.37 bits per heavy atom. The molecule has 2 bridgehead atoms. The Morgan fingerprint density at radius 1 is 1.04 bits per heavy atom. The summed E-state index contributed by atoms with van der Waals surface area (Å²) >= 11 is 0. The van der Waals surface area contributed by atoms with Crippen molar-refractivity contribution in [1.29, 1.82) is 0 Å². The molecule has 0 saturated heterocycles. The van der Waals surface area contributed by atoms with Gasteiger partial charge in [0.1, 0.15) is 11.9 Å². The number of aliphatic hydroxyl groups excluding tert-OH is 1. The zero-order valence-corrected chi connectivity index (χ0v) is 27.4. The molecule has 3 rings (SSSR count). The lowest BCUT2D eigenvalue weighted by molar-refractivity contribution is -0.119. The third-order valence-electron chi connectivity index (χ3n) is 8.17. The molecule has 248 valence electrons. The van der Waals surface area contributed by atoms with Crippen LogP contribution in [0.15, 0.2) is 77.1 Å². The first-order chi connectivity index (χ1) is 21.8. The molecule has 1 aromatic rings. The van der Waals surface area contributed by atoms with Crippen LogP contribution in [-0.4, -0.2) is 74.4 Å². The van der Waals surface area contributed by atoms with Crippen LogP contribution in [-0.2, 0) is 28.6 Å². The zero-order chi connectivity index (χ0) is 34.1. The van der Waals surface area contributed by atoms with Crippen LogP contribution in [0.5, 0.6) is 5.75 Å². The number of nitrogens with two attached hydrogens (primary N) is 1. The third-order valence-corrected chi connectivity index (χ3v) is 8.17. The minimum Gasteiger partial charge on any atom is -0.496 e. The number of hydrogen-bond acceptors (Lipinski definition) is 9. The normalized spacial score (nSPS) is 29.9. The highest BCUT2D eigenvalue weighted by Crippen LogP contribution is 2.36. The summed E-state index contributed by atoms with van der Waals surface area (Å²) in [6.45, 7) is 6.99. The van der Waals surface area contributed by atoms with Crippen molar-refractivity contribution in [2.45, 2.75) is 65.0 Å². The summed E-state index contributed by atoms with van der Waals surface area (Å²) in [6.07, 6.45) is 3.66. The van der Waals surface area contributed by atoms with E-state index in [0.29, 0.717) is 23.3 Å². The molecule has 0 saturated carbocycles. The molecule has 46 heavy (non-hydrogen) atoms. The van der Waals surface area contributed by atoms with Gasteiger partial charge in [0.15, 0.2) is 11.9 Å². The molecule has 6 atom stereocenters. The second-order valence-electron chi connectivity index (χ2n) is 11.6. The number of ether oxygens (including phenoxy) is 4. The van der Waals surface area contributed by atoms with Crippen molar-refractivity contribution in [2.24, 2.45) is 17.6 Å². The summed E-state index contributed by atoms with van der Waals surface area (Å²) in [4.78, 5) is 52.6. The predicted octanol–water partition coefficient (Wildman–Crippen LogP) is 3.97. The molecule has 1 aromatic carbocycles. The van der Waals surface area contributed by atoms with Crippen molar-refractivity contribution in [2.75, 3.05) is 21.3 Å². The van der Waals surface area contributed by atoms with Gasteiger partial charge in [-0.3, -0.25) is 14.4 Å². The summed E-state index contributed by atoms with van der Waals surface area (Å²) in [5.74, 6) is -1.81. The molecule has 1 aliphatic heterocycles. The number of fused-ring (bicyclic) bond motifs is 2. The number of Topliss-reactive ketones (excluding diaryl/α,β-unsaturated/α-hetero) is 1. The van der Waals surface area contributed by atoms with Gasteiger partial charge in [-0.05, 0) is 44.2 Å². The molecule has 2 amide bonds. The number of para-hydroxylation sites is 1. The molecule has 2 aliphatic rings. The fraction of sp³-hybridized carbons (Fsp3) is 0.429. The van der Waals surface area contributed by atoms with Gasteiger partial charge in [0.2, 0.25) is 5.78 Å². The molecular formula is C35H44N2O9. The van der Waals surface area contributed by atoms with Gasteiger partial charge < -0.3 is 35.1 Å². The van der Waals surface area contributed by atoms with E-state index in [1.165, 1.54) is 27.4 Å². The van der Waals surface area contributed by atoms with Gasteiger partial charge in [-0.15, -0.1) is 0 Å². The second kappa shape index (κ2) is 16.3. The van der Waals surface area contributed by atoms with Gasteiger partial charge in [-0.25, -0.2) is 4.79 Å². The summed E-state index contributed by atoms with van der Waals surface area (Å²) < 4.78 is 22.2. The van der Waals surface area contributed by atoms with Gasteiger partial charge in [-0.1, -0.05) is 56.4 Å². The van der Waals surface area contributed by atoms with Crippen molar-refractivity contribution in [3.05, 3.63) is 82.6 Å². The van der Waals surface area contributed by atoms with E-state index in [1.807, 2.05) is 6.92 Å². The fourth-order valence-electron chi connectivity index (χ4n) is 5.73. The Balaban J connectivity index is 2.16. The highest BCUT2D eigenvalue weighted by Gasteiger charge is 2.34. The Hall–Kier alpha value is -4.32. The number of nitrogens with one attached hydrogen (secondary N) is 1. The molecule has 6 unspecified atom stereocenters. The second-order valence-corrected chi connectivity index (χ2v) is 11.6. The van der Waals surface area contributed by atoms with E-state index in [1.54, 1.807) is 63.3 Å². The number of amides is 2. The van der Waals surface area contributed by atoms with Gasteiger partial charge in [0, 0.05) is 48.5 Å². The van der Waals surface area contributed by atoms with E-state index in [4.69, 9.17) is 24.7 Å². The number of hydrogen-bond donors (Lipinski definition) is 3. The summed E-state index contributed by atoms with van der Waals surface area (Å²) in [5, 5.41) is 14.0. The standard InChI is InChI=1S/C35H44N2O9/c1-19-15-24-30(23-12-8-9-13-27(23)43-5)26(38)18-25(32(24)40)37-34(41)20(2)11-10-14-28(44-6)33(46-35(36)42)22(4)17-21(3)31(39)29(16-19)45-7/h8-14,17-19,21,28-29,31,33,39H,15-16H2,1-7H3,(H2,36,42)(H,37,41)/b14-10-,20-11+,22-17+. The van der Waals surface area contributed by atoms with Crippen molar-refractivity contribution in [1.82, 2.24) is 5.32 Å². The van der Waals surface area contributed by atoms with Crippen LogP contribution in [0.2, 0.25) is 0 Å². The number of methoxy groups -OCH3 is 3. The highest BCUT2D eigenvalue weighted by molar-refractivity contribution is 6.38. The van der Waals surface area contributed by atoms with Crippen LogP contribution < -0.4 is 15.8 Å². The monoisotopic (exact) mass is 636 g/mol. The maximum atomic E-state index is 14.0. The molecule has 11 nitrogen and oxygen atoms in total. The van der Waals surface area contributed by atoms with Crippen LogP contribution >= 0.6 is 0 Å². The summed E-state index contributed by atoms with van der Waals surface area (Å²) in [5.41, 5.74) is 6.92. The van der Waals surface area contributed by atoms with Gasteiger partial charge in [0.05, 0.1) is 25.0 Å². The average molecular weight is 637 g/mol. The minimum atomic E-state index is -1.00. The first-order valence-corrected chi connectivity index (χ1v) is 15.0. The topological polar surface area (TPSA) is 163 Å². The maximum absolute atomic E-state index is 14.0. The van der Waals surface area contributed by atoms with Crippen molar-refractivity contribution >= 4 is 29.1 Å². The molecule has 0 aromatic heterocycles. The van der Waals surface area contributed by atoms with Crippen LogP contribution in [0.25, 0.3) is 5.57 Å². The van der Waals surface area contributed by atoms with E-state index in [-0.39, 0.29) is 34.8 Å². The Morgan fingerprint density at radius 2 is 1.74 bits per heavy atom. The average Bonchev–Trinajstić information content (AvgIpc) is 3.02. The van der Waals surface area contributed by atoms with Gasteiger partial charge in [0.25, 0.3) is 5.91 Å². The molecule has 4 N–H and O–H groups in total. The number of primary amides is 1.